The Balaban J connectivity index is 6.29. The standard InChI is InChI=1S/C14H26O4/c1-7-13(8-2,9(3)4)14(10(5)6,11(15)16)12(17)18/h9-10H,7-8H2,1-6H3,(H,15,16)(H,17,18). The molecule has 0 aromatic rings. The summed E-state index contributed by atoms with van der Waals surface area (Å²) in [5.74, 6) is -2.92. The van der Waals surface area contributed by atoms with Crippen molar-refractivity contribution in [1.29, 1.82) is 0 Å². The Morgan fingerprint density at radius 2 is 1.22 bits per heavy atom. The van der Waals surface area contributed by atoms with Gasteiger partial charge in [-0.05, 0) is 30.1 Å². The van der Waals surface area contributed by atoms with Gasteiger partial charge in [0.25, 0.3) is 0 Å². The van der Waals surface area contributed by atoms with Crippen molar-refractivity contribution in [2.24, 2.45) is 22.7 Å². The highest BCUT2D eigenvalue weighted by atomic mass is 16.4. The fourth-order valence-corrected chi connectivity index (χ4v) is 3.67. The van der Waals surface area contributed by atoms with Gasteiger partial charge in [-0.3, -0.25) is 9.59 Å². The number of carbonyl (C=O) groups is 2. The van der Waals surface area contributed by atoms with Crippen molar-refractivity contribution >= 4 is 11.9 Å². The first-order valence-corrected chi connectivity index (χ1v) is 6.61. The van der Waals surface area contributed by atoms with E-state index in [-0.39, 0.29) is 5.92 Å². The minimum Gasteiger partial charge on any atom is -0.480 e. The highest BCUT2D eigenvalue weighted by molar-refractivity contribution is 5.99. The van der Waals surface area contributed by atoms with Gasteiger partial charge in [-0.1, -0.05) is 41.5 Å². The Kier molecular flexibility index (Phi) is 5.38. The summed E-state index contributed by atoms with van der Waals surface area (Å²) in [6.45, 7) is 11.0. The molecule has 0 aliphatic carbocycles. The van der Waals surface area contributed by atoms with Crippen LogP contribution in [-0.2, 0) is 9.59 Å². The SMILES string of the molecule is CCC(CC)(C(C)C)C(C(=O)O)(C(=O)O)C(C)C. The van der Waals surface area contributed by atoms with Crippen molar-refractivity contribution in [3.8, 4) is 0 Å². The van der Waals surface area contributed by atoms with Crippen LogP contribution >= 0.6 is 0 Å². The third-order valence-electron chi connectivity index (χ3n) is 4.69. The molecule has 0 aliphatic heterocycles. The van der Waals surface area contributed by atoms with E-state index in [4.69, 9.17) is 0 Å². The van der Waals surface area contributed by atoms with E-state index in [2.05, 4.69) is 0 Å². The van der Waals surface area contributed by atoms with Gasteiger partial charge < -0.3 is 10.2 Å². The van der Waals surface area contributed by atoms with Gasteiger partial charge in [0.15, 0.2) is 5.41 Å². The first-order valence-electron chi connectivity index (χ1n) is 6.61. The molecule has 0 saturated heterocycles. The smallest absolute Gasteiger partial charge is 0.321 e. The van der Waals surface area contributed by atoms with Gasteiger partial charge in [0, 0.05) is 0 Å². The molecule has 4 heteroatoms. The van der Waals surface area contributed by atoms with Crippen LogP contribution in [0.1, 0.15) is 54.4 Å². The van der Waals surface area contributed by atoms with Crippen LogP contribution in [0.25, 0.3) is 0 Å². The second-order valence-electron chi connectivity index (χ2n) is 5.59. The van der Waals surface area contributed by atoms with Crippen LogP contribution < -0.4 is 0 Å². The quantitative estimate of drug-likeness (QED) is 0.687. The number of carboxylic acids is 2. The maximum Gasteiger partial charge on any atom is 0.321 e. The van der Waals surface area contributed by atoms with Crippen molar-refractivity contribution in [2.75, 3.05) is 0 Å². The molecule has 2 N–H and O–H groups in total. The van der Waals surface area contributed by atoms with Gasteiger partial charge in [0.1, 0.15) is 0 Å². The molecular formula is C14H26O4. The van der Waals surface area contributed by atoms with Gasteiger partial charge in [-0.2, -0.15) is 0 Å². The van der Waals surface area contributed by atoms with E-state index in [9.17, 15) is 19.8 Å². The summed E-state index contributed by atoms with van der Waals surface area (Å²) >= 11 is 0. The molecule has 0 atom stereocenters. The number of aliphatic carboxylic acids is 2. The Morgan fingerprint density at radius 1 is 0.889 bits per heavy atom. The van der Waals surface area contributed by atoms with E-state index in [1.807, 2.05) is 27.7 Å². The molecule has 4 nitrogen and oxygen atoms in total. The Hall–Kier alpha value is -1.06. The Labute approximate surface area is 109 Å². The molecule has 0 aliphatic rings. The first-order chi connectivity index (χ1) is 8.14. The molecule has 0 saturated carbocycles. The lowest BCUT2D eigenvalue weighted by Crippen LogP contribution is -2.58. The molecule has 0 aromatic carbocycles. The van der Waals surface area contributed by atoms with E-state index < -0.39 is 28.7 Å². The molecule has 0 heterocycles. The molecule has 0 bridgehead atoms. The highest BCUT2D eigenvalue weighted by Gasteiger charge is 2.63. The summed E-state index contributed by atoms with van der Waals surface area (Å²) in [7, 11) is 0. The minimum absolute atomic E-state index is 0.0119. The molecule has 18 heavy (non-hydrogen) atoms. The van der Waals surface area contributed by atoms with E-state index >= 15 is 0 Å². The molecule has 0 fully saturated rings. The van der Waals surface area contributed by atoms with Crippen molar-refractivity contribution in [3.63, 3.8) is 0 Å². The summed E-state index contributed by atoms with van der Waals surface area (Å²) in [6.07, 6.45) is 1.08. The predicted molar refractivity (Wildman–Crippen MR) is 70.4 cm³/mol. The first kappa shape index (κ1) is 16.9. The minimum atomic E-state index is -1.73. The third kappa shape index (κ3) is 2.02. The van der Waals surface area contributed by atoms with Gasteiger partial charge in [-0.25, -0.2) is 0 Å². The van der Waals surface area contributed by atoms with Gasteiger partial charge >= 0.3 is 11.9 Å². The van der Waals surface area contributed by atoms with Crippen LogP contribution in [0.4, 0.5) is 0 Å². The predicted octanol–water partition coefficient (Wildman–Crippen LogP) is 3.26. The fraction of sp³-hybridized carbons (Fsp3) is 0.857. The fourth-order valence-electron chi connectivity index (χ4n) is 3.67. The molecule has 106 valence electrons. The average molecular weight is 258 g/mol. The van der Waals surface area contributed by atoms with Crippen molar-refractivity contribution < 1.29 is 19.8 Å². The number of rotatable bonds is 7. The molecule has 0 aromatic heterocycles. The van der Waals surface area contributed by atoms with Crippen molar-refractivity contribution in [1.82, 2.24) is 0 Å². The zero-order valence-electron chi connectivity index (χ0n) is 12.3. The maximum absolute atomic E-state index is 11.8. The Morgan fingerprint density at radius 3 is 1.28 bits per heavy atom. The lowest BCUT2D eigenvalue weighted by atomic mass is 9.51. The number of carboxylic acid groups (broad SMARTS) is 2. The summed E-state index contributed by atoms with van der Waals surface area (Å²) < 4.78 is 0. The normalized spacial score (nSPS) is 13.1. The zero-order chi connectivity index (χ0) is 14.7. The lowest BCUT2D eigenvalue weighted by molar-refractivity contribution is -0.187. The molecule has 0 unspecified atom stereocenters. The summed E-state index contributed by atoms with van der Waals surface area (Å²) in [6, 6.07) is 0. The highest BCUT2D eigenvalue weighted by Crippen LogP contribution is 2.55. The van der Waals surface area contributed by atoms with E-state index in [1.165, 1.54) is 0 Å². The van der Waals surface area contributed by atoms with Crippen LogP contribution in [0.2, 0.25) is 0 Å². The summed E-state index contributed by atoms with van der Waals surface area (Å²) in [5.41, 5.74) is -2.47. The van der Waals surface area contributed by atoms with E-state index in [0.717, 1.165) is 0 Å². The number of hydrogen-bond acceptors (Lipinski definition) is 2. The third-order valence-corrected chi connectivity index (χ3v) is 4.69. The van der Waals surface area contributed by atoms with Crippen LogP contribution in [0, 0.1) is 22.7 Å². The Bertz CT molecular complexity index is 300. The van der Waals surface area contributed by atoms with Gasteiger partial charge in [-0.15, -0.1) is 0 Å². The lowest BCUT2D eigenvalue weighted by Gasteiger charge is -2.49. The van der Waals surface area contributed by atoms with Gasteiger partial charge in [0.2, 0.25) is 0 Å². The average Bonchev–Trinajstić information content (AvgIpc) is 2.23. The zero-order valence-corrected chi connectivity index (χ0v) is 12.3. The van der Waals surface area contributed by atoms with E-state index in [1.54, 1.807) is 13.8 Å². The van der Waals surface area contributed by atoms with Crippen LogP contribution in [-0.4, -0.2) is 22.2 Å². The topological polar surface area (TPSA) is 74.6 Å². The van der Waals surface area contributed by atoms with Gasteiger partial charge in [0.05, 0.1) is 0 Å². The van der Waals surface area contributed by atoms with E-state index in [0.29, 0.717) is 12.8 Å². The summed E-state index contributed by atoms with van der Waals surface area (Å²) in [5, 5.41) is 19.3. The molecule has 0 amide bonds. The monoisotopic (exact) mass is 258 g/mol. The molecule has 0 spiro atoms. The molecule has 0 rings (SSSR count). The second-order valence-corrected chi connectivity index (χ2v) is 5.59. The van der Waals surface area contributed by atoms with Crippen LogP contribution in [0.5, 0.6) is 0 Å². The molecular weight excluding hydrogens is 232 g/mol. The second kappa shape index (κ2) is 5.72. The van der Waals surface area contributed by atoms with Crippen molar-refractivity contribution in [2.45, 2.75) is 54.4 Å². The summed E-state index contributed by atoms with van der Waals surface area (Å²) in [4.78, 5) is 23.6. The maximum atomic E-state index is 11.8. The largest absolute Gasteiger partial charge is 0.480 e. The molecule has 0 radical (unpaired) electrons. The van der Waals surface area contributed by atoms with Crippen LogP contribution in [0.15, 0.2) is 0 Å². The van der Waals surface area contributed by atoms with Crippen LogP contribution in [0.3, 0.4) is 0 Å². The van der Waals surface area contributed by atoms with Crippen molar-refractivity contribution in [3.05, 3.63) is 0 Å². The number of hydrogen-bond donors (Lipinski definition) is 2.